The second-order valence-corrected chi connectivity index (χ2v) is 5.66. The lowest BCUT2D eigenvalue weighted by Gasteiger charge is -2.24. The Morgan fingerprint density at radius 3 is 2.32 bits per heavy atom. The van der Waals surface area contributed by atoms with Crippen LogP contribution >= 0.6 is 11.9 Å². The fraction of sp³-hybridized carbons (Fsp3) is 0.0625. The summed E-state index contributed by atoms with van der Waals surface area (Å²) in [7, 11) is 0. The first-order valence-electron chi connectivity index (χ1n) is 6.64. The first kappa shape index (κ1) is 14.3. The van der Waals surface area contributed by atoms with Crippen LogP contribution in [0.2, 0.25) is 0 Å². The molecule has 1 aliphatic heterocycles. The van der Waals surface area contributed by atoms with Crippen molar-refractivity contribution >= 4 is 29.8 Å². The van der Waals surface area contributed by atoms with Gasteiger partial charge in [-0.3, -0.25) is 14.9 Å². The third-order valence-corrected chi connectivity index (χ3v) is 4.24. The number of hydrogen-bond acceptors (Lipinski definition) is 4. The van der Waals surface area contributed by atoms with E-state index in [-0.39, 0.29) is 6.42 Å². The Morgan fingerprint density at radius 1 is 0.909 bits per heavy atom. The van der Waals surface area contributed by atoms with Gasteiger partial charge in [-0.05, 0) is 17.2 Å². The summed E-state index contributed by atoms with van der Waals surface area (Å²) in [6, 6.07) is 16.5. The molecule has 0 spiro atoms. The minimum absolute atomic E-state index is 0.313. The molecular weight excluding hydrogens is 300 g/mol. The van der Waals surface area contributed by atoms with Crippen molar-refractivity contribution in [2.45, 2.75) is 11.3 Å². The zero-order valence-corrected chi connectivity index (χ0v) is 12.3. The van der Waals surface area contributed by atoms with Gasteiger partial charge in [-0.1, -0.05) is 48.5 Å². The predicted molar refractivity (Wildman–Crippen MR) is 82.7 cm³/mol. The van der Waals surface area contributed by atoms with Gasteiger partial charge in [0, 0.05) is 16.8 Å². The van der Waals surface area contributed by atoms with Crippen molar-refractivity contribution in [2.75, 3.05) is 0 Å². The molecule has 22 heavy (non-hydrogen) atoms. The van der Waals surface area contributed by atoms with Crippen molar-refractivity contribution in [3.63, 3.8) is 0 Å². The zero-order valence-electron chi connectivity index (χ0n) is 11.5. The van der Waals surface area contributed by atoms with E-state index in [1.165, 1.54) is 0 Å². The van der Waals surface area contributed by atoms with E-state index >= 15 is 0 Å². The summed E-state index contributed by atoms with van der Waals surface area (Å²) in [5.41, 5.74) is 1.91. The van der Waals surface area contributed by atoms with E-state index in [2.05, 4.69) is 5.32 Å². The summed E-state index contributed by atoms with van der Waals surface area (Å²) in [6.45, 7) is 0. The molecule has 2 aromatic rings. The van der Waals surface area contributed by atoms with E-state index in [1.54, 1.807) is 0 Å². The average molecular weight is 312 g/mol. The molecule has 0 unspecified atom stereocenters. The summed E-state index contributed by atoms with van der Waals surface area (Å²) in [4.78, 5) is 35.7. The fourth-order valence-electron chi connectivity index (χ4n) is 2.13. The van der Waals surface area contributed by atoms with Crippen LogP contribution in [0.25, 0.3) is 11.1 Å². The van der Waals surface area contributed by atoms with Crippen molar-refractivity contribution in [2.24, 2.45) is 0 Å². The Balaban J connectivity index is 1.92. The highest BCUT2D eigenvalue weighted by molar-refractivity contribution is 7.98. The molecule has 2 aromatic carbocycles. The molecule has 6 heteroatoms. The van der Waals surface area contributed by atoms with Gasteiger partial charge in [-0.15, -0.1) is 0 Å². The van der Waals surface area contributed by atoms with Gasteiger partial charge in [-0.25, -0.2) is 4.79 Å². The Labute approximate surface area is 131 Å². The van der Waals surface area contributed by atoms with Crippen LogP contribution in [0.3, 0.4) is 0 Å². The largest absolute Gasteiger partial charge is 0.341 e. The van der Waals surface area contributed by atoms with Crippen molar-refractivity contribution in [1.29, 1.82) is 0 Å². The van der Waals surface area contributed by atoms with Crippen LogP contribution < -0.4 is 5.32 Å². The standard InChI is InChI=1S/C16H12N2O3S/c19-14-10-15(20)18(16(21)17-14)22-13-9-5-4-8-12(13)11-6-2-1-3-7-11/h1-9H,10H2,(H,17,19,21). The lowest BCUT2D eigenvalue weighted by atomic mass is 10.1. The first-order chi connectivity index (χ1) is 10.6. The Morgan fingerprint density at radius 2 is 1.59 bits per heavy atom. The number of imide groups is 2. The third-order valence-electron chi connectivity index (χ3n) is 3.13. The van der Waals surface area contributed by atoms with Gasteiger partial charge < -0.3 is 0 Å². The molecule has 1 N–H and O–H groups in total. The van der Waals surface area contributed by atoms with Crippen LogP contribution in [0.5, 0.6) is 0 Å². The zero-order chi connectivity index (χ0) is 15.5. The van der Waals surface area contributed by atoms with E-state index in [9.17, 15) is 14.4 Å². The molecule has 5 nitrogen and oxygen atoms in total. The summed E-state index contributed by atoms with van der Waals surface area (Å²) in [6.07, 6.45) is -0.313. The highest BCUT2D eigenvalue weighted by Gasteiger charge is 2.32. The van der Waals surface area contributed by atoms with Gasteiger partial charge in [-0.2, -0.15) is 4.31 Å². The van der Waals surface area contributed by atoms with Crippen molar-refractivity contribution < 1.29 is 14.4 Å². The summed E-state index contributed by atoms with van der Waals surface area (Å²) in [5.74, 6) is -1.08. The molecule has 0 atom stereocenters. The summed E-state index contributed by atoms with van der Waals surface area (Å²) >= 11 is 1.02. The lowest BCUT2D eigenvalue weighted by Crippen LogP contribution is -2.49. The van der Waals surface area contributed by atoms with Gasteiger partial charge in [0.2, 0.25) is 5.91 Å². The van der Waals surface area contributed by atoms with E-state index in [0.717, 1.165) is 32.3 Å². The van der Waals surface area contributed by atoms with E-state index in [0.29, 0.717) is 0 Å². The predicted octanol–water partition coefficient (Wildman–Crippen LogP) is 2.83. The van der Waals surface area contributed by atoms with Gasteiger partial charge in [0.15, 0.2) is 0 Å². The summed E-state index contributed by atoms with van der Waals surface area (Å²) < 4.78 is 0.989. The highest BCUT2D eigenvalue weighted by Crippen LogP contribution is 2.34. The maximum Gasteiger partial charge on any atom is 0.341 e. The van der Waals surface area contributed by atoms with Crippen LogP contribution in [0, 0.1) is 0 Å². The Hall–Kier alpha value is -2.60. The number of barbiturate groups is 1. The second-order valence-electron chi connectivity index (χ2n) is 4.67. The molecule has 110 valence electrons. The quantitative estimate of drug-likeness (QED) is 0.699. The topological polar surface area (TPSA) is 66.5 Å². The molecule has 4 amide bonds. The number of carbonyl (C=O) groups is 3. The number of urea groups is 1. The number of nitrogens with zero attached hydrogens (tertiary/aromatic N) is 1. The monoisotopic (exact) mass is 312 g/mol. The van der Waals surface area contributed by atoms with E-state index in [1.807, 2.05) is 54.6 Å². The first-order valence-corrected chi connectivity index (χ1v) is 7.41. The molecule has 1 saturated heterocycles. The molecule has 1 aliphatic rings. The van der Waals surface area contributed by atoms with Gasteiger partial charge in [0.1, 0.15) is 6.42 Å². The van der Waals surface area contributed by atoms with Gasteiger partial charge >= 0.3 is 6.03 Å². The van der Waals surface area contributed by atoms with E-state index in [4.69, 9.17) is 0 Å². The molecular formula is C16H12N2O3S. The van der Waals surface area contributed by atoms with Crippen molar-refractivity contribution in [3.8, 4) is 11.1 Å². The minimum Gasteiger partial charge on any atom is -0.276 e. The smallest absolute Gasteiger partial charge is 0.276 e. The van der Waals surface area contributed by atoms with Crippen molar-refractivity contribution in [1.82, 2.24) is 9.62 Å². The number of nitrogens with one attached hydrogen (secondary N) is 1. The molecule has 1 fully saturated rings. The molecule has 0 aliphatic carbocycles. The van der Waals surface area contributed by atoms with Crippen LogP contribution in [-0.2, 0) is 9.59 Å². The van der Waals surface area contributed by atoms with Crippen LogP contribution in [0.15, 0.2) is 59.5 Å². The molecule has 3 rings (SSSR count). The van der Waals surface area contributed by atoms with Gasteiger partial charge in [0.25, 0.3) is 5.91 Å². The number of benzene rings is 2. The molecule has 0 saturated carbocycles. The molecule has 0 aromatic heterocycles. The number of carbonyl (C=O) groups excluding carboxylic acids is 3. The normalized spacial score (nSPS) is 14.9. The third kappa shape index (κ3) is 2.87. The minimum atomic E-state index is -0.700. The Kier molecular flexibility index (Phi) is 3.93. The fourth-order valence-corrected chi connectivity index (χ4v) is 3.05. The average Bonchev–Trinajstić information content (AvgIpc) is 2.52. The second kappa shape index (κ2) is 6.03. The Bertz CT molecular complexity index is 726. The summed E-state index contributed by atoms with van der Waals surface area (Å²) in [5, 5.41) is 2.15. The van der Waals surface area contributed by atoms with Crippen molar-refractivity contribution in [3.05, 3.63) is 54.6 Å². The van der Waals surface area contributed by atoms with Crippen LogP contribution in [0.1, 0.15) is 6.42 Å². The number of rotatable bonds is 3. The number of hydrogen-bond donors (Lipinski definition) is 1. The van der Waals surface area contributed by atoms with Crippen LogP contribution in [-0.4, -0.2) is 22.2 Å². The van der Waals surface area contributed by atoms with Gasteiger partial charge in [0.05, 0.1) is 0 Å². The molecule has 0 radical (unpaired) electrons. The van der Waals surface area contributed by atoms with E-state index < -0.39 is 17.8 Å². The SMILES string of the molecule is O=C1CC(=O)N(Sc2ccccc2-c2ccccc2)C(=O)N1. The maximum absolute atomic E-state index is 11.9. The highest BCUT2D eigenvalue weighted by atomic mass is 32.2. The number of amides is 4. The lowest BCUT2D eigenvalue weighted by molar-refractivity contribution is -0.132. The molecule has 1 heterocycles. The van der Waals surface area contributed by atoms with Crippen LogP contribution in [0.4, 0.5) is 4.79 Å². The molecule has 0 bridgehead atoms. The maximum atomic E-state index is 11.9.